The molecule has 1 aromatic carbocycles. The van der Waals surface area contributed by atoms with Crippen LogP contribution in [0.5, 0.6) is 0 Å². The van der Waals surface area contributed by atoms with Gasteiger partial charge in [-0.1, -0.05) is 36.8 Å². The summed E-state index contributed by atoms with van der Waals surface area (Å²) in [5.74, 6) is 0. The van der Waals surface area contributed by atoms with E-state index in [-0.39, 0.29) is 18.4 Å². The van der Waals surface area contributed by atoms with Crippen LogP contribution in [0.1, 0.15) is 30.5 Å². The van der Waals surface area contributed by atoms with Gasteiger partial charge in [-0.05, 0) is 18.9 Å². The standard InChI is InChI=1S/C10H15N.ClH/c1-3-10(11)9-6-4-5-8(2)7-9;/h4-7,10H,3,11H2,1-2H3;1H/t10-;/m1./s1. The first kappa shape index (κ1) is 11.5. The smallest absolute Gasteiger partial charge is 0.0292 e. The summed E-state index contributed by atoms with van der Waals surface area (Å²) >= 11 is 0. The number of halogens is 1. The molecule has 0 fully saturated rings. The zero-order valence-electron chi connectivity index (χ0n) is 7.58. The maximum absolute atomic E-state index is 5.86. The summed E-state index contributed by atoms with van der Waals surface area (Å²) < 4.78 is 0. The highest BCUT2D eigenvalue weighted by atomic mass is 35.5. The van der Waals surface area contributed by atoms with Crippen LogP contribution >= 0.6 is 12.4 Å². The minimum Gasteiger partial charge on any atom is -0.324 e. The maximum atomic E-state index is 5.86. The van der Waals surface area contributed by atoms with Crippen molar-refractivity contribution in [3.63, 3.8) is 0 Å². The summed E-state index contributed by atoms with van der Waals surface area (Å²) in [5, 5.41) is 0. The number of benzene rings is 1. The number of aryl methyl sites for hydroxylation is 1. The Bertz CT molecular complexity index is 235. The summed E-state index contributed by atoms with van der Waals surface area (Å²) in [5.41, 5.74) is 8.39. The predicted molar refractivity (Wildman–Crippen MR) is 55.6 cm³/mol. The van der Waals surface area contributed by atoms with Gasteiger partial charge >= 0.3 is 0 Å². The maximum Gasteiger partial charge on any atom is 0.0292 e. The van der Waals surface area contributed by atoms with Crippen molar-refractivity contribution in [1.82, 2.24) is 0 Å². The summed E-state index contributed by atoms with van der Waals surface area (Å²) in [7, 11) is 0. The van der Waals surface area contributed by atoms with E-state index in [9.17, 15) is 0 Å². The van der Waals surface area contributed by atoms with Crippen molar-refractivity contribution in [3.05, 3.63) is 35.4 Å². The number of nitrogens with two attached hydrogens (primary N) is 1. The van der Waals surface area contributed by atoms with E-state index in [4.69, 9.17) is 5.73 Å². The Hall–Kier alpha value is -0.530. The lowest BCUT2D eigenvalue weighted by atomic mass is 10.0. The fourth-order valence-electron chi connectivity index (χ4n) is 1.14. The van der Waals surface area contributed by atoms with Crippen molar-refractivity contribution in [2.24, 2.45) is 5.73 Å². The summed E-state index contributed by atoms with van der Waals surface area (Å²) in [6, 6.07) is 8.58. The Balaban J connectivity index is 0.00000121. The van der Waals surface area contributed by atoms with Crippen LogP contribution in [0.4, 0.5) is 0 Å². The van der Waals surface area contributed by atoms with E-state index >= 15 is 0 Å². The molecule has 1 nitrogen and oxygen atoms in total. The van der Waals surface area contributed by atoms with Gasteiger partial charge < -0.3 is 5.73 Å². The van der Waals surface area contributed by atoms with Crippen LogP contribution in [0, 0.1) is 6.92 Å². The van der Waals surface area contributed by atoms with Gasteiger partial charge in [0.25, 0.3) is 0 Å². The van der Waals surface area contributed by atoms with Crippen LogP contribution in [0.25, 0.3) is 0 Å². The molecule has 0 bridgehead atoms. The lowest BCUT2D eigenvalue weighted by Crippen LogP contribution is -2.08. The van der Waals surface area contributed by atoms with Crippen LogP contribution in [0.3, 0.4) is 0 Å². The summed E-state index contributed by atoms with van der Waals surface area (Å²) in [6.07, 6.45) is 1.00. The highest BCUT2D eigenvalue weighted by Gasteiger charge is 2.01. The normalized spacial score (nSPS) is 11.9. The molecule has 0 saturated carbocycles. The summed E-state index contributed by atoms with van der Waals surface area (Å²) in [4.78, 5) is 0. The average molecular weight is 186 g/mol. The Morgan fingerprint density at radius 2 is 2.08 bits per heavy atom. The molecular weight excluding hydrogens is 170 g/mol. The van der Waals surface area contributed by atoms with Crippen molar-refractivity contribution in [2.45, 2.75) is 26.3 Å². The molecule has 1 aromatic rings. The fourth-order valence-corrected chi connectivity index (χ4v) is 1.14. The first-order valence-corrected chi connectivity index (χ1v) is 4.06. The molecule has 68 valence electrons. The molecule has 2 heteroatoms. The second kappa shape index (κ2) is 5.18. The molecule has 0 unspecified atom stereocenters. The third-order valence-electron chi connectivity index (χ3n) is 1.91. The Morgan fingerprint density at radius 1 is 1.42 bits per heavy atom. The second-order valence-electron chi connectivity index (χ2n) is 2.93. The molecule has 1 rings (SSSR count). The molecule has 0 heterocycles. The molecular formula is C10H16ClN. The van der Waals surface area contributed by atoms with Gasteiger partial charge in [0.1, 0.15) is 0 Å². The Labute approximate surface area is 80.4 Å². The molecule has 0 aliphatic rings. The minimum absolute atomic E-state index is 0. The highest BCUT2D eigenvalue weighted by molar-refractivity contribution is 5.85. The minimum atomic E-state index is 0. The van der Waals surface area contributed by atoms with Gasteiger partial charge in [0, 0.05) is 6.04 Å². The third-order valence-corrected chi connectivity index (χ3v) is 1.91. The lowest BCUT2D eigenvalue weighted by Gasteiger charge is -2.08. The fraction of sp³-hybridized carbons (Fsp3) is 0.400. The van der Waals surface area contributed by atoms with E-state index in [1.165, 1.54) is 11.1 Å². The molecule has 0 aromatic heterocycles. The predicted octanol–water partition coefficient (Wildman–Crippen LogP) is 2.83. The van der Waals surface area contributed by atoms with Crippen molar-refractivity contribution in [3.8, 4) is 0 Å². The highest BCUT2D eigenvalue weighted by Crippen LogP contribution is 2.14. The van der Waals surface area contributed by atoms with E-state index in [1.807, 2.05) is 0 Å². The average Bonchev–Trinajstić information content (AvgIpc) is 2.03. The van der Waals surface area contributed by atoms with Crippen molar-refractivity contribution in [1.29, 1.82) is 0 Å². The van der Waals surface area contributed by atoms with E-state index in [2.05, 4.69) is 38.1 Å². The first-order chi connectivity index (χ1) is 5.24. The van der Waals surface area contributed by atoms with E-state index in [0.29, 0.717) is 0 Å². The molecule has 2 N–H and O–H groups in total. The van der Waals surface area contributed by atoms with Crippen molar-refractivity contribution < 1.29 is 0 Å². The van der Waals surface area contributed by atoms with Gasteiger partial charge in [-0.3, -0.25) is 0 Å². The second-order valence-corrected chi connectivity index (χ2v) is 2.93. The van der Waals surface area contributed by atoms with Crippen LogP contribution in [0.15, 0.2) is 24.3 Å². The Kier molecular flexibility index (Phi) is 4.95. The number of rotatable bonds is 2. The first-order valence-electron chi connectivity index (χ1n) is 4.06. The lowest BCUT2D eigenvalue weighted by molar-refractivity contribution is 0.698. The van der Waals surface area contributed by atoms with Crippen LogP contribution in [0.2, 0.25) is 0 Å². The van der Waals surface area contributed by atoms with E-state index < -0.39 is 0 Å². The summed E-state index contributed by atoms with van der Waals surface area (Å²) in [6.45, 7) is 4.19. The van der Waals surface area contributed by atoms with Crippen molar-refractivity contribution in [2.75, 3.05) is 0 Å². The zero-order chi connectivity index (χ0) is 8.27. The van der Waals surface area contributed by atoms with E-state index in [0.717, 1.165) is 6.42 Å². The topological polar surface area (TPSA) is 26.0 Å². The molecule has 0 radical (unpaired) electrons. The quantitative estimate of drug-likeness (QED) is 0.754. The monoisotopic (exact) mass is 185 g/mol. The van der Waals surface area contributed by atoms with Gasteiger partial charge in [0.05, 0.1) is 0 Å². The number of hydrogen-bond acceptors (Lipinski definition) is 1. The van der Waals surface area contributed by atoms with Gasteiger partial charge in [-0.2, -0.15) is 0 Å². The largest absolute Gasteiger partial charge is 0.324 e. The van der Waals surface area contributed by atoms with Gasteiger partial charge in [-0.15, -0.1) is 12.4 Å². The van der Waals surface area contributed by atoms with Gasteiger partial charge in [0.15, 0.2) is 0 Å². The van der Waals surface area contributed by atoms with Crippen LogP contribution < -0.4 is 5.73 Å². The Morgan fingerprint density at radius 3 is 2.58 bits per heavy atom. The molecule has 0 saturated heterocycles. The van der Waals surface area contributed by atoms with E-state index in [1.54, 1.807) is 0 Å². The van der Waals surface area contributed by atoms with Crippen molar-refractivity contribution >= 4 is 12.4 Å². The van der Waals surface area contributed by atoms with Crippen LogP contribution in [-0.4, -0.2) is 0 Å². The SMILES string of the molecule is CC[C@@H](N)c1cccc(C)c1.Cl. The zero-order valence-corrected chi connectivity index (χ0v) is 8.40. The molecule has 1 atom stereocenters. The molecule has 0 spiro atoms. The third kappa shape index (κ3) is 2.84. The molecule has 0 aliphatic heterocycles. The van der Waals surface area contributed by atoms with Gasteiger partial charge in [0.2, 0.25) is 0 Å². The molecule has 0 amide bonds. The van der Waals surface area contributed by atoms with Gasteiger partial charge in [-0.25, -0.2) is 0 Å². The molecule has 0 aliphatic carbocycles. The number of hydrogen-bond donors (Lipinski definition) is 1. The molecule has 12 heavy (non-hydrogen) atoms. The van der Waals surface area contributed by atoms with Crippen LogP contribution in [-0.2, 0) is 0 Å².